The summed E-state index contributed by atoms with van der Waals surface area (Å²) in [5.41, 5.74) is 0.476. The number of carbonyl (C=O) groups excluding carboxylic acids is 1. The monoisotopic (exact) mass is 284 g/mol. The number of aromatic nitrogens is 2. The molecule has 2 amide bonds. The normalized spacial score (nSPS) is 13.1. The number of nitrogens with zero attached hydrogens (tertiary/aromatic N) is 2. The maximum atomic E-state index is 11.8. The maximum Gasteiger partial charge on any atom is 0.319 e. The van der Waals surface area contributed by atoms with Gasteiger partial charge in [-0.25, -0.2) is 4.79 Å². The molecule has 3 N–H and O–H groups in total. The minimum Gasteiger partial charge on any atom is -0.394 e. The Morgan fingerprint density at radius 2 is 2.25 bits per heavy atom. The van der Waals surface area contributed by atoms with Crippen LogP contribution in [0.5, 0.6) is 0 Å². The van der Waals surface area contributed by atoms with E-state index in [1.165, 1.54) is 0 Å². The van der Waals surface area contributed by atoms with Gasteiger partial charge in [-0.05, 0) is 27.2 Å². The van der Waals surface area contributed by atoms with Crippen molar-refractivity contribution in [3.63, 3.8) is 0 Å². The molecule has 1 aromatic rings. The second kappa shape index (κ2) is 7.25. The molecule has 0 aliphatic heterocycles. The zero-order valence-corrected chi connectivity index (χ0v) is 12.5. The molecule has 1 aromatic heterocycles. The summed E-state index contributed by atoms with van der Waals surface area (Å²) in [6.07, 6.45) is 3.91. The van der Waals surface area contributed by atoms with Crippen LogP contribution >= 0.6 is 0 Å². The first-order valence-corrected chi connectivity index (χ1v) is 6.59. The Bertz CT molecular complexity index is 425. The number of aliphatic hydroxyl groups is 1. The van der Waals surface area contributed by atoms with Crippen LogP contribution in [-0.4, -0.2) is 47.3 Å². The minimum atomic E-state index is -0.367. The van der Waals surface area contributed by atoms with Gasteiger partial charge in [-0.3, -0.25) is 4.68 Å². The van der Waals surface area contributed by atoms with Crippen LogP contribution in [0.3, 0.4) is 0 Å². The van der Waals surface area contributed by atoms with E-state index >= 15 is 0 Å². The van der Waals surface area contributed by atoms with Crippen LogP contribution in [0.15, 0.2) is 12.4 Å². The fraction of sp³-hybridized carbons (Fsp3) is 0.692. The van der Waals surface area contributed by atoms with Gasteiger partial charge in [0.2, 0.25) is 0 Å². The Morgan fingerprint density at radius 3 is 2.75 bits per heavy atom. The van der Waals surface area contributed by atoms with Crippen LogP contribution < -0.4 is 10.6 Å². The van der Waals surface area contributed by atoms with E-state index in [-0.39, 0.29) is 24.2 Å². The van der Waals surface area contributed by atoms with Crippen LogP contribution in [0.4, 0.5) is 10.5 Å². The molecule has 0 unspecified atom stereocenters. The van der Waals surface area contributed by atoms with Crippen LogP contribution in [0, 0.1) is 0 Å². The van der Waals surface area contributed by atoms with Crippen molar-refractivity contribution in [3.05, 3.63) is 12.4 Å². The second-order valence-electron chi connectivity index (χ2n) is 5.60. The van der Waals surface area contributed by atoms with Gasteiger partial charge in [-0.1, -0.05) is 0 Å². The number of ether oxygens (including phenoxy) is 1. The summed E-state index contributed by atoms with van der Waals surface area (Å²) in [5, 5.41) is 18.7. The third-order valence-corrected chi connectivity index (χ3v) is 2.75. The van der Waals surface area contributed by atoms with Crippen molar-refractivity contribution >= 4 is 11.7 Å². The summed E-state index contributed by atoms with van der Waals surface area (Å²) in [6.45, 7) is 6.43. The highest BCUT2D eigenvalue weighted by molar-refractivity contribution is 5.89. The average Bonchev–Trinajstić information content (AvgIpc) is 2.82. The summed E-state index contributed by atoms with van der Waals surface area (Å²) < 4.78 is 6.69. The van der Waals surface area contributed by atoms with Gasteiger partial charge >= 0.3 is 6.03 Å². The van der Waals surface area contributed by atoms with Gasteiger partial charge in [-0.2, -0.15) is 5.10 Å². The molecule has 114 valence electrons. The van der Waals surface area contributed by atoms with Crippen molar-refractivity contribution in [3.8, 4) is 0 Å². The molecule has 0 aromatic carbocycles. The number of hydrogen-bond acceptors (Lipinski definition) is 4. The first kappa shape index (κ1) is 16.5. The van der Waals surface area contributed by atoms with Crippen molar-refractivity contribution in [2.45, 2.75) is 38.8 Å². The molecule has 0 radical (unpaired) electrons. The first-order valence-electron chi connectivity index (χ1n) is 6.59. The highest BCUT2D eigenvalue weighted by Gasteiger charge is 2.16. The minimum absolute atomic E-state index is 0.127. The van der Waals surface area contributed by atoms with Gasteiger partial charge in [0.15, 0.2) is 0 Å². The van der Waals surface area contributed by atoms with Crippen molar-refractivity contribution in [2.75, 3.05) is 25.6 Å². The fourth-order valence-electron chi connectivity index (χ4n) is 1.58. The number of anilines is 1. The zero-order chi connectivity index (χ0) is 15.2. The van der Waals surface area contributed by atoms with E-state index in [2.05, 4.69) is 15.7 Å². The van der Waals surface area contributed by atoms with Gasteiger partial charge in [0.1, 0.15) is 0 Å². The van der Waals surface area contributed by atoms with Gasteiger partial charge < -0.3 is 20.5 Å². The molecule has 7 heteroatoms. The molecular formula is C13H24N4O3. The Balaban J connectivity index is 2.51. The Morgan fingerprint density at radius 1 is 1.55 bits per heavy atom. The molecule has 20 heavy (non-hydrogen) atoms. The summed E-state index contributed by atoms with van der Waals surface area (Å²) in [5.74, 6) is 0. The fourth-order valence-corrected chi connectivity index (χ4v) is 1.58. The predicted molar refractivity (Wildman–Crippen MR) is 76.7 cm³/mol. The van der Waals surface area contributed by atoms with Gasteiger partial charge in [0, 0.05) is 19.9 Å². The number of aliphatic hydroxyl groups excluding tert-OH is 1. The Hall–Kier alpha value is -1.60. The Kier molecular flexibility index (Phi) is 5.97. The molecule has 0 aliphatic carbocycles. The highest BCUT2D eigenvalue weighted by atomic mass is 16.5. The van der Waals surface area contributed by atoms with Crippen LogP contribution in [-0.2, 0) is 10.3 Å². The van der Waals surface area contributed by atoms with E-state index in [0.717, 1.165) is 0 Å². The lowest BCUT2D eigenvalue weighted by molar-refractivity contribution is 0.161. The molecule has 7 nitrogen and oxygen atoms in total. The van der Waals surface area contributed by atoms with E-state index < -0.39 is 0 Å². The van der Waals surface area contributed by atoms with Gasteiger partial charge in [0.25, 0.3) is 0 Å². The van der Waals surface area contributed by atoms with E-state index in [0.29, 0.717) is 18.7 Å². The van der Waals surface area contributed by atoms with Crippen molar-refractivity contribution in [1.29, 1.82) is 0 Å². The first-order chi connectivity index (χ1) is 9.36. The van der Waals surface area contributed by atoms with E-state index in [9.17, 15) is 4.79 Å². The Labute approximate surface area is 119 Å². The number of amides is 2. The maximum absolute atomic E-state index is 11.8. The van der Waals surface area contributed by atoms with Crippen molar-refractivity contribution in [1.82, 2.24) is 15.1 Å². The number of methoxy groups -OCH3 is 1. The largest absolute Gasteiger partial charge is 0.394 e. The predicted octanol–water partition coefficient (Wildman–Crippen LogP) is 1.16. The quantitative estimate of drug-likeness (QED) is 0.731. The van der Waals surface area contributed by atoms with E-state index in [1.54, 1.807) is 24.2 Å². The molecule has 0 spiro atoms. The van der Waals surface area contributed by atoms with E-state index in [4.69, 9.17) is 9.84 Å². The molecule has 0 bridgehead atoms. The molecule has 0 saturated carbocycles. The van der Waals surface area contributed by atoms with Crippen molar-refractivity contribution < 1.29 is 14.6 Å². The summed E-state index contributed by atoms with van der Waals surface area (Å²) >= 11 is 0. The highest BCUT2D eigenvalue weighted by Crippen LogP contribution is 2.15. The number of nitrogens with one attached hydrogen (secondary N) is 2. The third kappa shape index (κ3) is 5.18. The van der Waals surface area contributed by atoms with Crippen LogP contribution in [0.1, 0.15) is 27.2 Å². The van der Waals surface area contributed by atoms with Crippen LogP contribution in [0.2, 0.25) is 0 Å². The standard InChI is InChI=1S/C13H24N4O3/c1-13(2,3)17-8-11(7-14-17)16-12(19)15-10(9-18)5-6-20-4/h7-8,10,18H,5-6,9H2,1-4H3,(H2,15,16,19)/t10-/m1/s1. The molecule has 0 saturated heterocycles. The van der Waals surface area contributed by atoms with Crippen molar-refractivity contribution in [2.24, 2.45) is 0 Å². The second-order valence-corrected chi connectivity index (χ2v) is 5.60. The third-order valence-electron chi connectivity index (χ3n) is 2.75. The summed E-state index contributed by atoms with van der Waals surface area (Å²) in [6, 6.07) is -0.693. The number of urea groups is 1. The molecule has 1 rings (SSSR count). The molecule has 0 aliphatic rings. The molecule has 0 fully saturated rings. The molecular weight excluding hydrogens is 260 g/mol. The zero-order valence-electron chi connectivity index (χ0n) is 12.5. The number of hydrogen-bond donors (Lipinski definition) is 3. The lowest BCUT2D eigenvalue weighted by atomic mass is 10.1. The molecule has 1 heterocycles. The number of rotatable bonds is 6. The summed E-state index contributed by atoms with van der Waals surface area (Å²) in [7, 11) is 1.58. The lowest BCUT2D eigenvalue weighted by Crippen LogP contribution is -2.40. The van der Waals surface area contributed by atoms with Gasteiger partial charge in [-0.15, -0.1) is 0 Å². The number of carbonyl (C=O) groups is 1. The lowest BCUT2D eigenvalue weighted by Gasteiger charge is -2.18. The molecule has 1 atom stereocenters. The van der Waals surface area contributed by atoms with E-state index in [1.807, 2.05) is 20.8 Å². The smallest absolute Gasteiger partial charge is 0.319 e. The van der Waals surface area contributed by atoms with Crippen LogP contribution in [0.25, 0.3) is 0 Å². The topological polar surface area (TPSA) is 88.4 Å². The summed E-state index contributed by atoms with van der Waals surface area (Å²) in [4.78, 5) is 11.8. The SMILES string of the molecule is COCC[C@H](CO)NC(=O)Nc1cnn(C(C)(C)C)c1. The average molecular weight is 284 g/mol. The van der Waals surface area contributed by atoms with Gasteiger partial charge in [0.05, 0.1) is 30.1 Å².